The van der Waals surface area contributed by atoms with E-state index in [9.17, 15) is 9.59 Å². The Hall–Kier alpha value is -2.82. The van der Waals surface area contributed by atoms with Crippen molar-refractivity contribution in [1.82, 2.24) is 0 Å². The highest BCUT2D eigenvalue weighted by Gasteiger charge is 2.37. The van der Waals surface area contributed by atoms with E-state index in [-0.39, 0.29) is 24.4 Å². The molecule has 0 saturated carbocycles. The predicted octanol–water partition coefficient (Wildman–Crippen LogP) is 3.48. The fourth-order valence-electron chi connectivity index (χ4n) is 4.01. The Morgan fingerprint density at radius 2 is 1.96 bits per heavy atom. The molecule has 0 radical (unpaired) electrons. The molecule has 2 aromatic carbocycles. The molecule has 2 atom stereocenters. The number of amides is 2. The topological polar surface area (TPSA) is 49.9 Å². The lowest BCUT2D eigenvalue weighted by atomic mass is 10.1. The second kappa shape index (κ2) is 6.72. The van der Waals surface area contributed by atoms with Gasteiger partial charge in [-0.25, -0.2) is 0 Å². The summed E-state index contributed by atoms with van der Waals surface area (Å²) in [7, 11) is 0. The van der Waals surface area contributed by atoms with Gasteiger partial charge in [0.1, 0.15) is 12.3 Å². The van der Waals surface area contributed by atoms with Crippen molar-refractivity contribution in [3.05, 3.63) is 53.6 Å². The molecule has 2 aromatic rings. The van der Waals surface area contributed by atoms with Gasteiger partial charge in [0.15, 0.2) is 6.10 Å². The van der Waals surface area contributed by atoms with Gasteiger partial charge < -0.3 is 9.64 Å². The molecule has 5 nitrogen and oxygen atoms in total. The first-order chi connectivity index (χ1) is 13.0. The summed E-state index contributed by atoms with van der Waals surface area (Å²) in [6, 6.07) is 13.8. The summed E-state index contributed by atoms with van der Waals surface area (Å²) in [5.74, 6) is 0.448. The standard InChI is InChI=1S/C22H24N2O3/c1-4-19-22(26)23(18-11-14(2)9-10-20(18)27-19)13-21(25)24-15(3)12-16-7-5-6-8-17(16)24/h5-11,15,19H,4,12-13H2,1-3H3/t15-,19+/m0/s1. The van der Waals surface area contributed by atoms with Gasteiger partial charge in [0.25, 0.3) is 5.91 Å². The first-order valence-electron chi connectivity index (χ1n) is 9.48. The fourth-order valence-corrected chi connectivity index (χ4v) is 4.01. The van der Waals surface area contributed by atoms with Gasteiger partial charge in [0.2, 0.25) is 5.91 Å². The zero-order chi connectivity index (χ0) is 19.1. The Morgan fingerprint density at radius 1 is 1.19 bits per heavy atom. The molecular formula is C22H24N2O3. The number of hydrogen-bond donors (Lipinski definition) is 0. The summed E-state index contributed by atoms with van der Waals surface area (Å²) < 4.78 is 5.85. The minimum Gasteiger partial charge on any atom is -0.478 e. The molecule has 0 saturated heterocycles. The lowest BCUT2D eigenvalue weighted by molar-refractivity contribution is -0.128. The predicted molar refractivity (Wildman–Crippen MR) is 105 cm³/mol. The third-order valence-corrected chi connectivity index (χ3v) is 5.36. The van der Waals surface area contributed by atoms with Crippen molar-refractivity contribution in [2.24, 2.45) is 0 Å². The molecule has 4 rings (SSSR count). The van der Waals surface area contributed by atoms with E-state index in [0.29, 0.717) is 17.9 Å². The highest BCUT2D eigenvalue weighted by Crippen LogP contribution is 2.37. The maximum atomic E-state index is 13.2. The number of fused-ring (bicyclic) bond motifs is 2. The van der Waals surface area contributed by atoms with Gasteiger partial charge in [-0.1, -0.05) is 31.2 Å². The molecule has 0 spiro atoms. The van der Waals surface area contributed by atoms with Crippen molar-refractivity contribution >= 4 is 23.2 Å². The van der Waals surface area contributed by atoms with E-state index in [2.05, 4.69) is 6.07 Å². The van der Waals surface area contributed by atoms with Crippen molar-refractivity contribution in [2.75, 3.05) is 16.3 Å². The van der Waals surface area contributed by atoms with Crippen LogP contribution in [0.1, 0.15) is 31.4 Å². The van der Waals surface area contributed by atoms with Crippen molar-refractivity contribution in [3.63, 3.8) is 0 Å². The number of nitrogens with zero attached hydrogens (tertiary/aromatic N) is 2. The number of rotatable bonds is 3. The van der Waals surface area contributed by atoms with Crippen molar-refractivity contribution in [3.8, 4) is 5.75 Å². The first kappa shape index (κ1) is 17.6. The molecular weight excluding hydrogens is 340 g/mol. The number of aryl methyl sites for hydroxylation is 1. The van der Waals surface area contributed by atoms with Crippen molar-refractivity contribution < 1.29 is 14.3 Å². The summed E-state index contributed by atoms with van der Waals surface area (Å²) in [6.07, 6.45) is 0.864. The van der Waals surface area contributed by atoms with Crippen LogP contribution in [0.4, 0.5) is 11.4 Å². The second-order valence-electron chi connectivity index (χ2n) is 7.36. The van der Waals surface area contributed by atoms with Crippen LogP contribution < -0.4 is 14.5 Å². The zero-order valence-corrected chi connectivity index (χ0v) is 15.9. The smallest absolute Gasteiger partial charge is 0.268 e. The molecule has 0 aliphatic carbocycles. The van der Waals surface area contributed by atoms with E-state index >= 15 is 0 Å². The molecule has 140 valence electrons. The van der Waals surface area contributed by atoms with Crippen LogP contribution in [0.15, 0.2) is 42.5 Å². The largest absolute Gasteiger partial charge is 0.478 e. The van der Waals surface area contributed by atoms with Gasteiger partial charge in [0.05, 0.1) is 5.69 Å². The highest BCUT2D eigenvalue weighted by atomic mass is 16.5. The van der Waals surface area contributed by atoms with E-state index in [1.54, 1.807) is 4.90 Å². The zero-order valence-electron chi connectivity index (χ0n) is 15.9. The maximum absolute atomic E-state index is 13.2. The van der Waals surface area contributed by atoms with Crippen molar-refractivity contribution in [1.29, 1.82) is 0 Å². The molecule has 0 aromatic heterocycles. The Labute approximate surface area is 159 Å². The lowest BCUT2D eigenvalue weighted by Gasteiger charge is -2.35. The number of para-hydroxylation sites is 1. The number of carbonyl (C=O) groups excluding carboxylic acids is 2. The highest BCUT2D eigenvalue weighted by molar-refractivity contribution is 6.07. The lowest BCUT2D eigenvalue weighted by Crippen LogP contribution is -2.51. The van der Waals surface area contributed by atoms with Crippen molar-refractivity contribution in [2.45, 2.75) is 45.8 Å². The van der Waals surface area contributed by atoms with E-state index in [1.165, 1.54) is 5.56 Å². The van der Waals surface area contributed by atoms with Crippen LogP contribution in [0.5, 0.6) is 5.75 Å². The van der Waals surface area contributed by atoms with E-state index in [0.717, 1.165) is 17.7 Å². The fraction of sp³-hybridized carbons (Fsp3) is 0.364. The first-order valence-corrected chi connectivity index (χ1v) is 9.48. The molecule has 2 heterocycles. The summed E-state index contributed by atoms with van der Waals surface area (Å²) in [6.45, 7) is 5.95. The Bertz CT molecular complexity index is 908. The van der Waals surface area contributed by atoms with Gasteiger partial charge in [-0.15, -0.1) is 0 Å². The molecule has 2 aliphatic rings. The molecule has 2 aliphatic heterocycles. The van der Waals surface area contributed by atoms with Crippen LogP contribution in [-0.4, -0.2) is 30.5 Å². The summed E-state index contributed by atoms with van der Waals surface area (Å²) in [5.41, 5.74) is 3.83. The number of hydrogen-bond acceptors (Lipinski definition) is 3. The molecule has 0 N–H and O–H groups in total. The van der Waals surface area contributed by atoms with Crippen LogP contribution in [0.3, 0.4) is 0 Å². The van der Waals surface area contributed by atoms with Gasteiger partial charge in [-0.05, 0) is 56.0 Å². The number of ether oxygens (including phenoxy) is 1. The third-order valence-electron chi connectivity index (χ3n) is 5.36. The van der Waals surface area contributed by atoms with Gasteiger partial charge in [-0.3, -0.25) is 14.5 Å². The minimum atomic E-state index is -0.545. The van der Waals surface area contributed by atoms with Gasteiger partial charge in [-0.2, -0.15) is 0 Å². The van der Waals surface area contributed by atoms with Crippen LogP contribution in [0, 0.1) is 6.92 Å². The molecule has 0 unspecified atom stereocenters. The van der Waals surface area contributed by atoms with E-state index in [1.807, 2.05) is 62.1 Å². The SMILES string of the molecule is CC[C@H]1Oc2ccc(C)cc2N(CC(=O)N2c3ccccc3C[C@@H]2C)C1=O. The van der Waals surface area contributed by atoms with Crippen LogP contribution in [-0.2, 0) is 16.0 Å². The Balaban J connectivity index is 1.66. The average molecular weight is 364 g/mol. The third kappa shape index (κ3) is 2.97. The van der Waals surface area contributed by atoms with Crippen LogP contribution >= 0.6 is 0 Å². The quantitative estimate of drug-likeness (QED) is 0.838. The Morgan fingerprint density at radius 3 is 2.74 bits per heavy atom. The number of carbonyl (C=O) groups is 2. The maximum Gasteiger partial charge on any atom is 0.268 e. The van der Waals surface area contributed by atoms with Gasteiger partial charge >= 0.3 is 0 Å². The molecule has 0 bridgehead atoms. The van der Waals surface area contributed by atoms with E-state index in [4.69, 9.17) is 4.74 Å². The number of anilines is 2. The molecule has 27 heavy (non-hydrogen) atoms. The molecule has 5 heteroatoms. The monoisotopic (exact) mass is 364 g/mol. The second-order valence-corrected chi connectivity index (χ2v) is 7.36. The summed E-state index contributed by atoms with van der Waals surface area (Å²) in [4.78, 5) is 29.6. The summed E-state index contributed by atoms with van der Waals surface area (Å²) >= 11 is 0. The normalized spacial score (nSPS) is 20.9. The number of benzene rings is 2. The van der Waals surface area contributed by atoms with Crippen LogP contribution in [0.25, 0.3) is 0 Å². The summed E-state index contributed by atoms with van der Waals surface area (Å²) in [5, 5.41) is 0. The van der Waals surface area contributed by atoms with Crippen LogP contribution in [0.2, 0.25) is 0 Å². The molecule has 2 amide bonds. The average Bonchev–Trinajstić information content (AvgIpc) is 2.99. The van der Waals surface area contributed by atoms with Gasteiger partial charge in [0, 0.05) is 11.7 Å². The molecule has 0 fully saturated rings. The van der Waals surface area contributed by atoms with E-state index < -0.39 is 6.10 Å². The minimum absolute atomic E-state index is 0.0216. The Kier molecular flexibility index (Phi) is 4.38.